The molecule has 2 aliphatic rings. The lowest BCUT2D eigenvalue weighted by Gasteiger charge is -2.24. The molecule has 0 aromatic heterocycles. The molecule has 1 saturated carbocycles. The molecule has 0 spiro atoms. The zero-order valence-corrected chi connectivity index (χ0v) is 17.1. The van der Waals surface area contributed by atoms with Gasteiger partial charge in [0.25, 0.3) is 5.91 Å². The van der Waals surface area contributed by atoms with Gasteiger partial charge in [0.05, 0.1) is 7.11 Å². The quantitative estimate of drug-likeness (QED) is 0.656. The van der Waals surface area contributed by atoms with E-state index in [-0.39, 0.29) is 41.0 Å². The van der Waals surface area contributed by atoms with Crippen molar-refractivity contribution in [2.45, 2.75) is 55.5 Å². The van der Waals surface area contributed by atoms with Gasteiger partial charge in [-0.05, 0) is 57.0 Å². The van der Waals surface area contributed by atoms with Crippen LogP contribution in [0, 0.1) is 0 Å². The third kappa shape index (κ3) is 5.57. The van der Waals surface area contributed by atoms with Crippen molar-refractivity contribution in [3.63, 3.8) is 0 Å². The molecule has 7 nitrogen and oxygen atoms in total. The molecule has 0 bridgehead atoms. The van der Waals surface area contributed by atoms with E-state index < -0.39 is 10.0 Å². The summed E-state index contributed by atoms with van der Waals surface area (Å²) in [5, 5.41) is 6.24. The van der Waals surface area contributed by atoms with E-state index in [1.54, 1.807) is 12.1 Å². The fourth-order valence-electron chi connectivity index (χ4n) is 3.59. The van der Waals surface area contributed by atoms with Crippen LogP contribution in [0.3, 0.4) is 0 Å². The highest BCUT2D eigenvalue weighted by molar-refractivity contribution is 7.89. The van der Waals surface area contributed by atoms with E-state index >= 15 is 0 Å². The van der Waals surface area contributed by atoms with Gasteiger partial charge in [-0.15, -0.1) is 12.4 Å². The van der Waals surface area contributed by atoms with E-state index in [1.807, 2.05) is 0 Å². The Balaban J connectivity index is 0.00000261. The summed E-state index contributed by atoms with van der Waals surface area (Å²) >= 11 is 0. The van der Waals surface area contributed by atoms with E-state index in [0.717, 1.165) is 51.6 Å². The van der Waals surface area contributed by atoms with E-state index in [4.69, 9.17) is 4.74 Å². The number of halogens is 1. The van der Waals surface area contributed by atoms with Crippen molar-refractivity contribution in [2.24, 2.45) is 0 Å². The van der Waals surface area contributed by atoms with E-state index in [0.29, 0.717) is 5.56 Å². The van der Waals surface area contributed by atoms with Crippen LogP contribution in [-0.2, 0) is 10.0 Å². The molecule has 1 aliphatic carbocycles. The molecule has 1 aromatic rings. The summed E-state index contributed by atoms with van der Waals surface area (Å²) in [4.78, 5) is 12.6. The summed E-state index contributed by atoms with van der Waals surface area (Å²) in [6, 6.07) is 4.62. The molecule has 1 saturated heterocycles. The SMILES string of the molecule is COc1ccc(C(=O)NC2CCNCC2)cc1S(=O)(=O)NC1CCCC1.Cl. The van der Waals surface area contributed by atoms with Crippen molar-refractivity contribution in [3.8, 4) is 5.75 Å². The Morgan fingerprint density at radius 2 is 1.78 bits per heavy atom. The van der Waals surface area contributed by atoms with Gasteiger partial charge in [0.2, 0.25) is 10.0 Å². The van der Waals surface area contributed by atoms with Gasteiger partial charge >= 0.3 is 0 Å². The van der Waals surface area contributed by atoms with Crippen LogP contribution in [0.2, 0.25) is 0 Å². The van der Waals surface area contributed by atoms with Crippen molar-refractivity contribution >= 4 is 28.3 Å². The van der Waals surface area contributed by atoms with E-state index in [2.05, 4.69) is 15.4 Å². The smallest absolute Gasteiger partial charge is 0.251 e. The fraction of sp³-hybridized carbons (Fsp3) is 0.611. The van der Waals surface area contributed by atoms with Crippen LogP contribution in [0.4, 0.5) is 0 Å². The highest BCUT2D eigenvalue weighted by atomic mass is 35.5. The Morgan fingerprint density at radius 3 is 2.41 bits per heavy atom. The molecule has 0 radical (unpaired) electrons. The first-order valence-corrected chi connectivity index (χ1v) is 10.7. The predicted octanol–water partition coefficient (Wildman–Crippen LogP) is 1.82. The average molecular weight is 418 g/mol. The lowest BCUT2D eigenvalue weighted by Crippen LogP contribution is -2.42. The first-order chi connectivity index (χ1) is 12.5. The van der Waals surface area contributed by atoms with Crippen LogP contribution < -0.4 is 20.1 Å². The topological polar surface area (TPSA) is 96.5 Å². The number of hydrogen-bond acceptors (Lipinski definition) is 5. The average Bonchev–Trinajstić information content (AvgIpc) is 3.14. The van der Waals surface area contributed by atoms with Crippen LogP contribution in [-0.4, -0.2) is 46.6 Å². The van der Waals surface area contributed by atoms with Crippen LogP contribution in [0.5, 0.6) is 5.75 Å². The van der Waals surface area contributed by atoms with Crippen molar-refractivity contribution < 1.29 is 17.9 Å². The number of methoxy groups -OCH3 is 1. The highest BCUT2D eigenvalue weighted by Crippen LogP contribution is 2.27. The van der Waals surface area contributed by atoms with Gasteiger partial charge < -0.3 is 15.4 Å². The number of sulfonamides is 1. The van der Waals surface area contributed by atoms with Crippen LogP contribution in [0.25, 0.3) is 0 Å². The molecule has 3 rings (SSSR count). The molecule has 2 fully saturated rings. The number of nitrogens with one attached hydrogen (secondary N) is 3. The van der Waals surface area contributed by atoms with Gasteiger partial charge in [-0.2, -0.15) is 0 Å². The highest BCUT2D eigenvalue weighted by Gasteiger charge is 2.27. The van der Waals surface area contributed by atoms with Crippen molar-refractivity contribution in [2.75, 3.05) is 20.2 Å². The lowest BCUT2D eigenvalue weighted by molar-refractivity contribution is 0.0929. The molecule has 152 valence electrons. The van der Waals surface area contributed by atoms with E-state index in [1.165, 1.54) is 13.2 Å². The van der Waals surface area contributed by atoms with Gasteiger partial charge in [0.1, 0.15) is 10.6 Å². The third-order valence-corrected chi connectivity index (χ3v) is 6.61. The summed E-state index contributed by atoms with van der Waals surface area (Å²) in [5.74, 6) is -0.00853. The maximum Gasteiger partial charge on any atom is 0.251 e. The fourth-order valence-corrected chi connectivity index (χ4v) is 5.09. The number of carbonyl (C=O) groups is 1. The molecule has 1 heterocycles. The number of ether oxygens (including phenoxy) is 1. The maximum atomic E-state index is 12.8. The molecule has 0 atom stereocenters. The Kier molecular flexibility index (Phi) is 7.91. The van der Waals surface area contributed by atoms with Crippen LogP contribution in [0.15, 0.2) is 23.1 Å². The number of amides is 1. The summed E-state index contributed by atoms with van der Waals surface area (Å²) in [5.41, 5.74) is 0.330. The largest absolute Gasteiger partial charge is 0.495 e. The molecular weight excluding hydrogens is 390 g/mol. The zero-order valence-electron chi connectivity index (χ0n) is 15.5. The normalized spacial score (nSPS) is 18.7. The Labute approximate surface area is 167 Å². The molecular formula is C18H28ClN3O4S. The summed E-state index contributed by atoms with van der Waals surface area (Å²) in [6.45, 7) is 1.75. The number of carbonyl (C=O) groups excluding carboxylic acids is 1. The first-order valence-electron chi connectivity index (χ1n) is 9.21. The molecule has 1 amide bonds. The van der Waals surface area contributed by atoms with Crippen molar-refractivity contribution in [3.05, 3.63) is 23.8 Å². The number of rotatable bonds is 6. The van der Waals surface area contributed by atoms with Crippen molar-refractivity contribution in [1.29, 1.82) is 0 Å². The minimum atomic E-state index is -3.74. The Hall–Kier alpha value is -1.35. The monoisotopic (exact) mass is 417 g/mol. The molecule has 1 aromatic carbocycles. The zero-order chi connectivity index (χ0) is 18.6. The van der Waals surface area contributed by atoms with Crippen LogP contribution >= 0.6 is 12.4 Å². The molecule has 1 aliphatic heterocycles. The maximum absolute atomic E-state index is 12.8. The van der Waals surface area contributed by atoms with Crippen LogP contribution in [0.1, 0.15) is 48.9 Å². The summed E-state index contributed by atoms with van der Waals surface area (Å²) in [7, 11) is -2.31. The molecule has 9 heteroatoms. The predicted molar refractivity (Wildman–Crippen MR) is 106 cm³/mol. The second-order valence-corrected chi connectivity index (χ2v) is 8.65. The van der Waals surface area contributed by atoms with Gasteiger partial charge in [0.15, 0.2) is 0 Å². The lowest BCUT2D eigenvalue weighted by atomic mass is 10.1. The summed E-state index contributed by atoms with van der Waals surface area (Å²) < 4.78 is 33.6. The molecule has 27 heavy (non-hydrogen) atoms. The minimum Gasteiger partial charge on any atom is -0.495 e. The van der Waals surface area contributed by atoms with Gasteiger partial charge in [-0.3, -0.25) is 4.79 Å². The van der Waals surface area contributed by atoms with Gasteiger partial charge in [-0.25, -0.2) is 13.1 Å². The second kappa shape index (κ2) is 9.73. The minimum absolute atomic E-state index is 0. The first kappa shape index (κ1) is 21.9. The Morgan fingerprint density at radius 1 is 1.11 bits per heavy atom. The van der Waals surface area contributed by atoms with Crippen molar-refractivity contribution in [1.82, 2.24) is 15.4 Å². The second-order valence-electron chi connectivity index (χ2n) is 6.97. The number of piperidine rings is 1. The number of benzene rings is 1. The van der Waals surface area contributed by atoms with Gasteiger partial charge in [0, 0.05) is 17.6 Å². The molecule has 3 N–H and O–H groups in total. The Bertz CT molecular complexity index is 745. The standard InChI is InChI=1S/C18H27N3O4S.ClH/c1-25-16-7-6-13(18(22)20-14-8-10-19-11-9-14)12-17(16)26(23,24)21-15-4-2-3-5-15;/h6-7,12,14-15,19,21H,2-5,8-11H2,1H3,(H,20,22);1H. The third-order valence-electron chi connectivity index (χ3n) is 5.07. The summed E-state index contributed by atoms with van der Waals surface area (Å²) in [6.07, 6.45) is 5.49. The molecule has 0 unspecified atom stereocenters. The van der Waals surface area contributed by atoms with E-state index in [9.17, 15) is 13.2 Å². The van der Waals surface area contributed by atoms with Gasteiger partial charge in [-0.1, -0.05) is 12.8 Å². The number of hydrogen-bond donors (Lipinski definition) is 3.